The lowest BCUT2D eigenvalue weighted by Gasteiger charge is -2.03. The SMILES string of the molecule is Cc1ccc(NC(=O)c2nn[nH]n2)cc1[N+](=O)[O-]. The minimum Gasteiger partial charge on any atom is -0.319 e. The van der Waals surface area contributed by atoms with Crippen molar-refractivity contribution in [1.29, 1.82) is 0 Å². The van der Waals surface area contributed by atoms with Crippen LogP contribution in [0, 0.1) is 17.0 Å². The predicted molar refractivity (Wildman–Crippen MR) is 60.0 cm³/mol. The first-order valence-corrected chi connectivity index (χ1v) is 4.88. The number of amides is 1. The molecule has 9 nitrogen and oxygen atoms in total. The minimum atomic E-state index is -0.595. The molecule has 2 aromatic rings. The molecule has 0 atom stereocenters. The topological polar surface area (TPSA) is 127 Å². The lowest BCUT2D eigenvalue weighted by molar-refractivity contribution is -0.385. The number of benzene rings is 1. The van der Waals surface area contributed by atoms with Crippen molar-refractivity contribution < 1.29 is 9.72 Å². The summed E-state index contributed by atoms with van der Waals surface area (Å²) < 4.78 is 0. The quantitative estimate of drug-likeness (QED) is 0.607. The Morgan fingerprint density at radius 1 is 1.50 bits per heavy atom. The Kier molecular flexibility index (Phi) is 2.96. The molecule has 1 amide bonds. The van der Waals surface area contributed by atoms with Crippen molar-refractivity contribution in [3.05, 3.63) is 39.7 Å². The lowest BCUT2D eigenvalue weighted by atomic mass is 10.2. The molecular formula is C9H8N6O3. The molecule has 2 N–H and O–H groups in total. The van der Waals surface area contributed by atoms with Crippen LogP contribution in [0.3, 0.4) is 0 Å². The molecule has 0 aliphatic carbocycles. The van der Waals surface area contributed by atoms with E-state index in [4.69, 9.17) is 0 Å². The highest BCUT2D eigenvalue weighted by Crippen LogP contribution is 2.22. The number of aromatic nitrogens is 4. The van der Waals surface area contributed by atoms with Crippen LogP contribution in [-0.2, 0) is 0 Å². The number of aromatic amines is 1. The fourth-order valence-electron chi connectivity index (χ4n) is 1.33. The number of H-pyrrole nitrogens is 1. The van der Waals surface area contributed by atoms with Crippen LogP contribution in [0.5, 0.6) is 0 Å². The van der Waals surface area contributed by atoms with E-state index in [1.54, 1.807) is 19.1 Å². The number of hydrogen-bond donors (Lipinski definition) is 2. The van der Waals surface area contributed by atoms with E-state index in [-0.39, 0.29) is 11.5 Å². The van der Waals surface area contributed by atoms with Gasteiger partial charge in [-0.1, -0.05) is 6.07 Å². The summed E-state index contributed by atoms with van der Waals surface area (Å²) in [6, 6.07) is 4.37. The number of anilines is 1. The molecule has 2 rings (SSSR count). The molecule has 0 saturated carbocycles. The molecule has 0 aliphatic rings. The summed E-state index contributed by atoms with van der Waals surface area (Å²) in [6.07, 6.45) is 0. The maximum absolute atomic E-state index is 11.6. The summed E-state index contributed by atoms with van der Waals surface area (Å²) >= 11 is 0. The number of nitrogens with zero attached hydrogens (tertiary/aromatic N) is 4. The third kappa shape index (κ3) is 2.29. The van der Waals surface area contributed by atoms with Gasteiger partial charge in [0.25, 0.3) is 17.4 Å². The van der Waals surface area contributed by atoms with Gasteiger partial charge >= 0.3 is 0 Å². The standard InChI is InChI=1S/C9H8N6O3/c1-5-2-3-6(4-7(5)15(17)18)10-9(16)8-11-13-14-12-8/h2-4H,1H3,(H,10,16)(H,11,12,13,14). The number of nitro benzene ring substituents is 1. The molecule has 0 saturated heterocycles. The molecular weight excluding hydrogens is 240 g/mol. The highest BCUT2D eigenvalue weighted by atomic mass is 16.6. The fourth-order valence-corrected chi connectivity index (χ4v) is 1.33. The van der Waals surface area contributed by atoms with Crippen molar-refractivity contribution in [2.75, 3.05) is 5.32 Å². The van der Waals surface area contributed by atoms with Crippen molar-refractivity contribution in [3.63, 3.8) is 0 Å². The van der Waals surface area contributed by atoms with E-state index in [2.05, 4.69) is 25.9 Å². The smallest absolute Gasteiger partial charge is 0.297 e. The van der Waals surface area contributed by atoms with Gasteiger partial charge in [0.15, 0.2) is 0 Å². The number of carbonyl (C=O) groups is 1. The minimum absolute atomic E-state index is 0.0686. The van der Waals surface area contributed by atoms with E-state index in [9.17, 15) is 14.9 Å². The molecule has 0 radical (unpaired) electrons. The Balaban J connectivity index is 2.22. The molecule has 1 heterocycles. The molecule has 0 unspecified atom stereocenters. The van der Waals surface area contributed by atoms with E-state index >= 15 is 0 Å². The predicted octanol–water partition coefficient (Wildman–Crippen LogP) is 0.669. The number of nitrogens with one attached hydrogen (secondary N) is 2. The van der Waals surface area contributed by atoms with Crippen molar-refractivity contribution in [1.82, 2.24) is 20.6 Å². The Bertz CT molecular complexity index is 594. The molecule has 0 fully saturated rings. The molecule has 18 heavy (non-hydrogen) atoms. The fraction of sp³-hybridized carbons (Fsp3) is 0.111. The summed E-state index contributed by atoms with van der Waals surface area (Å²) in [6.45, 7) is 1.61. The van der Waals surface area contributed by atoms with Crippen molar-refractivity contribution in [2.45, 2.75) is 6.92 Å². The summed E-state index contributed by atoms with van der Waals surface area (Å²) in [5, 5.41) is 25.5. The van der Waals surface area contributed by atoms with Crippen LogP contribution in [-0.4, -0.2) is 31.5 Å². The van der Waals surface area contributed by atoms with Crippen LogP contribution in [0.2, 0.25) is 0 Å². The van der Waals surface area contributed by atoms with Gasteiger partial charge in [-0.05, 0) is 18.2 Å². The Hall–Kier alpha value is -2.84. The van der Waals surface area contributed by atoms with Crippen LogP contribution < -0.4 is 5.32 Å². The molecule has 1 aromatic heterocycles. The summed E-state index contributed by atoms with van der Waals surface area (Å²) in [7, 11) is 0. The number of hydrogen-bond acceptors (Lipinski definition) is 6. The first-order valence-electron chi connectivity index (χ1n) is 4.88. The van der Waals surface area contributed by atoms with Gasteiger partial charge in [0, 0.05) is 17.3 Å². The number of rotatable bonds is 3. The highest BCUT2D eigenvalue weighted by molar-refractivity contribution is 6.01. The van der Waals surface area contributed by atoms with Gasteiger partial charge in [0.05, 0.1) is 4.92 Å². The molecule has 92 valence electrons. The molecule has 0 spiro atoms. The van der Waals surface area contributed by atoms with Gasteiger partial charge in [-0.3, -0.25) is 14.9 Å². The van der Waals surface area contributed by atoms with Crippen LogP contribution in [0.25, 0.3) is 0 Å². The van der Waals surface area contributed by atoms with E-state index in [0.29, 0.717) is 11.3 Å². The number of tetrazole rings is 1. The maximum atomic E-state index is 11.6. The second-order valence-corrected chi connectivity index (χ2v) is 3.45. The number of nitro groups is 1. The van der Waals surface area contributed by atoms with Crippen LogP contribution >= 0.6 is 0 Å². The number of aryl methyl sites for hydroxylation is 1. The van der Waals surface area contributed by atoms with Gasteiger partial charge in [-0.2, -0.15) is 5.21 Å². The van der Waals surface area contributed by atoms with Crippen molar-refractivity contribution in [3.8, 4) is 0 Å². The largest absolute Gasteiger partial charge is 0.319 e. The Labute approximate surface area is 100 Å². The molecule has 0 aliphatic heterocycles. The average Bonchev–Trinajstić information content (AvgIpc) is 2.85. The second kappa shape index (κ2) is 4.57. The van der Waals surface area contributed by atoms with Gasteiger partial charge < -0.3 is 5.32 Å². The van der Waals surface area contributed by atoms with Gasteiger partial charge in [0.2, 0.25) is 0 Å². The van der Waals surface area contributed by atoms with E-state index in [1.165, 1.54) is 6.07 Å². The third-order valence-corrected chi connectivity index (χ3v) is 2.21. The monoisotopic (exact) mass is 248 g/mol. The zero-order valence-electron chi connectivity index (χ0n) is 9.25. The zero-order chi connectivity index (χ0) is 13.1. The molecule has 0 bridgehead atoms. The maximum Gasteiger partial charge on any atom is 0.297 e. The van der Waals surface area contributed by atoms with Gasteiger partial charge in [-0.15, -0.1) is 10.2 Å². The third-order valence-electron chi connectivity index (χ3n) is 2.21. The average molecular weight is 248 g/mol. The summed E-state index contributed by atoms with van der Waals surface area (Å²) in [5.41, 5.74) is 0.737. The van der Waals surface area contributed by atoms with Gasteiger partial charge in [-0.25, -0.2) is 0 Å². The van der Waals surface area contributed by atoms with E-state index in [1.807, 2.05) is 0 Å². The molecule has 1 aromatic carbocycles. The van der Waals surface area contributed by atoms with Crippen LogP contribution in [0.1, 0.15) is 16.2 Å². The van der Waals surface area contributed by atoms with Crippen LogP contribution in [0.4, 0.5) is 11.4 Å². The summed E-state index contributed by atoms with van der Waals surface area (Å²) in [5.74, 6) is -0.736. The highest BCUT2D eigenvalue weighted by Gasteiger charge is 2.15. The first kappa shape index (κ1) is 11.6. The van der Waals surface area contributed by atoms with E-state index < -0.39 is 10.8 Å². The van der Waals surface area contributed by atoms with Gasteiger partial charge in [0.1, 0.15) is 0 Å². The normalized spacial score (nSPS) is 10.1. The van der Waals surface area contributed by atoms with Crippen molar-refractivity contribution in [2.24, 2.45) is 0 Å². The lowest BCUT2D eigenvalue weighted by Crippen LogP contribution is -2.14. The molecule has 9 heteroatoms. The first-order chi connectivity index (χ1) is 8.58. The second-order valence-electron chi connectivity index (χ2n) is 3.45. The zero-order valence-corrected chi connectivity index (χ0v) is 9.25. The number of carbonyl (C=O) groups excluding carboxylic acids is 1. The van der Waals surface area contributed by atoms with Crippen molar-refractivity contribution >= 4 is 17.3 Å². The Morgan fingerprint density at radius 2 is 2.28 bits per heavy atom. The van der Waals surface area contributed by atoms with E-state index in [0.717, 1.165) is 0 Å². The Morgan fingerprint density at radius 3 is 2.89 bits per heavy atom. The summed E-state index contributed by atoms with van der Waals surface area (Å²) in [4.78, 5) is 21.8. The van der Waals surface area contributed by atoms with Crippen LogP contribution in [0.15, 0.2) is 18.2 Å².